The number of ether oxygens (including phenoxy) is 2. The first kappa shape index (κ1) is 15.9. The summed E-state index contributed by atoms with van der Waals surface area (Å²) < 4.78 is 9.76. The number of hydrogen-bond acceptors (Lipinski definition) is 4. The SMILES string of the molecule is CCC(C)(CNC(=O)COCCOC)C(=O)O. The van der Waals surface area contributed by atoms with Gasteiger partial charge in [0.1, 0.15) is 6.61 Å². The molecule has 1 atom stereocenters. The molecule has 0 fully saturated rings. The minimum atomic E-state index is -0.928. The second-order valence-corrected chi connectivity index (χ2v) is 4.04. The number of hydrogen-bond donors (Lipinski definition) is 2. The molecule has 100 valence electrons. The standard InChI is InChI=1S/C11H21NO5/c1-4-11(2,10(14)15)8-12-9(13)7-17-6-5-16-3/h4-8H2,1-3H3,(H,12,13)(H,14,15). The molecule has 0 heterocycles. The number of methoxy groups -OCH3 is 1. The first-order chi connectivity index (χ1) is 7.96. The van der Waals surface area contributed by atoms with Crippen LogP contribution in [0.2, 0.25) is 0 Å². The maximum Gasteiger partial charge on any atom is 0.311 e. The number of carboxylic acids is 1. The molecule has 0 aromatic carbocycles. The van der Waals surface area contributed by atoms with Crippen molar-refractivity contribution in [3.05, 3.63) is 0 Å². The van der Waals surface area contributed by atoms with Crippen LogP contribution in [0.15, 0.2) is 0 Å². The number of amides is 1. The van der Waals surface area contributed by atoms with Crippen LogP contribution in [0.5, 0.6) is 0 Å². The van der Waals surface area contributed by atoms with Crippen LogP contribution in [0.3, 0.4) is 0 Å². The van der Waals surface area contributed by atoms with Crippen molar-refractivity contribution in [1.82, 2.24) is 5.32 Å². The molecular weight excluding hydrogens is 226 g/mol. The van der Waals surface area contributed by atoms with E-state index >= 15 is 0 Å². The van der Waals surface area contributed by atoms with E-state index in [-0.39, 0.29) is 19.1 Å². The Labute approximate surface area is 101 Å². The summed E-state index contributed by atoms with van der Waals surface area (Å²) in [5.74, 6) is -1.23. The Morgan fingerprint density at radius 1 is 1.35 bits per heavy atom. The molecule has 0 radical (unpaired) electrons. The number of aliphatic carboxylic acids is 1. The number of rotatable bonds is 9. The van der Waals surface area contributed by atoms with E-state index in [2.05, 4.69) is 5.32 Å². The van der Waals surface area contributed by atoms with Gasteiger partial charge in [0, 0.05) is 13.7 Å². The topological polar surface area (TPSA) is 84.9 Å². The number of carbonyl (C=O) groups is 2. The number of nitrogens with one attached hydrogen (secondary N) is 1. The molecule has 0 spiro atoms. The van der Waals surface area contributed by atoms with E-state index < -0.39 is 11.4 Å². The van der Waals surface area contributed by atoms with Gasteiger partial charge in [0.2, 0.25) is 5.91 Å². The van der Waals surface area contributed by atoms with Crippen molar-refractivity contribution in [1.29, 1.82) is 0 Å². The Morgan fingerprint density at radius 2 is 2.00 bits per heavy atom. The molecular formula is C11H21NO5. The minimum Gasteiger partial charge on any atom is -0.481 e. The van der Waals surface area contributed by atoms with Crippen molar-refractivity contribution in [3.8, 4) is 0 Å². The average molecular weight is 247 g/mol. The lowest BCUT2D eigenvalue weighted by Crippen LogP contribution is -2.41. The lowest BCUT2D eigenvalue weighted by atomic mass is 9.88. The van der Waals surface area contributed by atoms with Gasteiger partial charge in [0.15, 0.2) is 0 Å². The van der Waals surface area contributed by atoms with E-state index in [1.807, 2.05) is 0 Å². The van der Waals surface area contributed by atoms with Gasteiger partial charge in [0.05, 0.1) is 18.6 Å². The third kappa shape index (κ3) is 6.23. The fourth-order valence-electron chi connectivity index (χ4n) is 1.00. The molecule has 0 rings (SSSR count). The van der Waals surface area contributed by atoms with Gasteiger partial charge in [-0.05, 0) is 13.3 Å². The van der Waals surface area contributed by atoms with E-state index in [4.69, 9.17) is 14.6 Å². The van der Waals surface area contributed by atoms with Gasteiger partial charge in [-0.2, -0.15) is 0 Å². The molecule has 0 aromatic heterocycles. The first-order valence-corrected chi connectivity index (χ1v) is 5.53. The van der Waals surface area contributed by atoms with Crippen molar-refractivity contribution in [2.24, 2.45) is 5.41 Å². The van der Waals surface area contributed by atoms with Crippen LogP contribution in [0.25, 0.3) is 0 Å². The van der Waals surface area contributed by atoms with E-state index in [1.165, 1.54) is 0 Å². The van der Waals surface area contributed by atoms with Crippen molar-refractivity contribution < 1.29 is 24.2 Å². The van der Waals surface area contributed by atoms with E-state index in [9.17, 15) is 9.59 Å². The van der Waals surface area contributed by atoms with Gasteiger partial charge < -0.3 is 19.9 Å². The fourth-order valence-corrected chi connectivity index (χ4v) is 1.00. The molecule has 17 heavy (non-hydrogen) atoms. The van der Waals surface area contributed by atoms with Crippen LogP contribution in [0, 0.1) is 5.41 Å². The lowest BCUT2D eigenvalue weighted by molar-refractivity contribution is -0.148. The molecule has 1 unspecified atom stereocenters. The second-order valence-electron chi connectivity index (χ2n) is 4.04. The fraction of sp³-hybridized carbons (Fsp3) is 0.818. The highest BCUT2D eigenvalue weighted by Gasteiger charge is 2.31. The highest BCUT2D eigenvalue weighted by atomic mass is 16.5. The largest absolute Gasteiger partial charge is 0.481 e. The van der Waals surface area contributed by atoms with Gasteiger partial charge in [-0.1, -0.05) is 6.92 Å². The van der Waals surface area contributed by atoms with Crippen molar-refractivity contribution in [3.63, 3.8) is 0 Å². The smallest absolute Gasteiger partial charge is 0.311 e. The van der Waals surface area contributed by atoms with Crippen LogP contribution in [0.4, 0.5) is 0 Å². The molecule has 0 aromatic rings. The summed E-state index contributed by atoms with van der Waals surface area (Å²) in [7, 11) is 1.54. The summed E-state index contributed by atoms with van der Waals surface area (Å²) in [5, 5.41) is 11.5. The normalized spacial score (nSPS) is 14.1. The summed E-state index contributed by atoms with van der Waals surface area (Å²) in [4.78, 5) is 22.3. The molecule has 6 heteroatoms. The highest BCUT2D eigenvalue weighted by molar-refractivity contribution is 5.79. The Balaban J connectivity index is 3.86. The van der Waals surface area contributed by atoms with Gasteiger partial charge >= 0.3 is 5.97 Å². The van der Waals surface area contributed by atoms with Crippen LogP contribution in [0.1, 0.15) is 20.3 Å². The van der Waals surface area contributed by atoms with E-state index in [1.54, 1.807) is 21.0 Å². The predicted molar refractivity (Wildman–Crippen MR) is 61.7 cm³/mol. The molecule has 0 saturated carbocycles. The Hall–Kier alpha value is -1.14. The number of carboxylic acid groups (broad SMARTS) is 1. The molecule has 0 saturated heterocycles. The van der Waals surface area contributed by atoms with Gasteiger partial charge in [-0.3, -0.25) is 9.59 Å². The zero-order valence-electron chi connectivity index (χ0n) is 10.6. The van der Waals surface area contributed by atoms with Crippen molar-refractivity contribution >= 4 is 11.9 Å². The Morgan fingerprint density at radius 3 is 2.47 bits per heavy atom. The molecule has 0 aliphatic carbocycles. The first-order valence-electron chi connectivity index (χ1n) is 5.53. The molecule has 6 nitrogen and oxygen atoms in total. The number of carbonyl (C=O) groups excluding carboxylic acids is 1. The quantitative estimate of drug-likeness (QED) is 0.571. The summed E-state index contributed by atoms with van der Waals surface area (Å²) in [6, 6.07) is 0. The zero-order valence-corrected chi connectivity index (χ0v) is 10.6. The van der Waals surface area contributed by atoms with Crippen LogP contribution >= 0.6 is 0 Å². The average Bonchev–Trinajstić information content (AvgIpc) is 2.31. The van der Waals surface area contributed by atoms with Crippen LogP contribution in [-0.2, 0) is 19.1 Å². The third-order valence-electron chi connectivity index (χ3n) is 2.64. The summed E-state index contributed by atoms with van der Waals surface area (Å²) in [6.07, 6.45) is 0.452. The van der Waals surface area contributed by atoms with Gasteiger partial charge in [-0.25, -0.2) is 0 Å². The van der Waals surface area contributed by atoms with Gasteiger partial charge in [-0.15, -0.1) is 0 Å². The maximum absolute atomic E-state index is 11.3. The van der Waals surface area contributed by atoms with Crippen LogP contribution in [-0.4, -0.2) is 50.5 Å². The highest BCUT2D eigenvalue weighted by Crippen LogP contribution is 2.19. The minimum absolute atomic E-state index is 0.0806. The molecule has 0 aliphatic heterocycles. The Kier molecular flexibility index (Phi) is 7.49. The second kappa shape index (κ2) is 8.03. The zero-order chi connectivity index (χ0) is 13.3. The van der Waals surface area contributed by atoms with E-state index in [0.29, 0.717) is 19.6 Å². The maximum atomic E-state index is 11.3. The molecule has 2 N–H and O–H groups in total. The summed E-state index contributed by atoms with van der Waals surface area (Å²) in [5.41, 5.74) is -0.928. The monoisotopic (exact) mass is 247 g/mol. The summed E-state index contributed by atoms with van der Waals surface area (Å²) >= 11 is 0. The predicted octanol–water partition coefficient (Wildman–Crippen LogP) is 0.267. The van der Waals surface area contributed by atoms with Gasteiger partial charge in [0.25, 0.3) is 0 Å². The van der Waals surface area contributed by atoms with Crippen LogP contribution < -0.4 is 5.32 Å². The van der Waals surface area contributed by atoms with Crippen molar-refractivity contribution in [2.75, 3.05) is 33.5 Å². The lowest BCUT2D eigenvalue weighted by Gasteiger charge is -2.23. The Bertz CT molecular complexity index is 256. The molecule has 0 bridgehead atoms. The summed E-state index contributed by atoms with van der Waals surface area (Å²) in [6.45, 7) is 4.16. The molecule has 1 amide bonds. The third-order valence-corrected chi connectivity index (χ3v) is 2.64. The van der Waals surface area contributed by atoms with E-state index in [0.717, 1.165) is 0 Å². The molecule has 0 aliphatic rings. The van der Waals surface area contributed by atoms with Crippen molar-refractivity contribution in [2.45, 2.75) is 20.3 Å².